The number of nitrogens with one attached hydrogen (secondary N) is 1. The number of benzene rings is 2. The zero-order valence-electron chi connectivity index (χ0n) is 19.1. The summed E-state index contributed by atoms with van der Waals surface area (Å²) in [5, 5.41) is 3.19. The lowest BCUT2D eigenvalue weighted by atomic mass is 10.0. The number of amides is 2. The lowest BCUT2D eigenvalue weighted by Gasteiger charge is -2.46. The molecule has 4 rings (SSSR count). The van der Waals surface area contributed by atoms with Gasteiger partial charge in [0.1, 0.15) is 0 Å². The van der Waals surface area contributed by atoms with Gasteiger partial charge in [0.05, 0.1) is 0 Å². The first-order valence-electron chi connectivity index (χ1n) is 11.6. The van der Waals surface area contributed by atoms with Crippen molar-refractivity contribution in [2.45, 2.75) is 51.4 Å². The fourth-order valence-electron chi connectivity index (χ4n) is 4.98. The van der Waals surface area contributed by atoms with Crippen LogP contribution < -0.4 is 10.2 Å². The minimum Gasteiger partial charge on any atom is -0.367 e. The standard InChI is InChI=1S/C25H31F3N4O/c1-17-14-31(21-12-22(26)24(28)23(27)13-21)15-18(2)32(17)25(33)29-20-8-10-30(11-9-20)16-19-6-4-3-5-7-19/h3-7,12-13,17-18,20H,8-11,14-16H2,1-2H3,(H,29,33)/t17-,18+. The smallest absolute Gasteiger partial charge is 0.318 e. The molecule has 1 N–H and O–H groups in total. The van der Waals surface area contributed by atoms with E-state index in [0.29, 0.717) is 13.1 Å². The Morgan fingerprint density at radius 2 is 1.55 bits per heavy atom. The molecular weight excluding hydrogens is 429 g/mol. The van der Waals surface area contributed by atoms with E-state index < -0.39 is 17.5 Å². The van der Waals surface area contributed by atoms with Crippen LogP contribution in [0.5, 0.6) is 0 Å². The SMILES string of the molecule is C[C@@H]1CN(c2cc(F)c(F)c(F)c2)C[C@H](C)N1C(=O)NC1CCN(Cc2ccccc2)CC1. The van der Waals surface area contributed by atoms with Gasteiger partial charge in [0, 0.05) is 68.7 Å². The molecule has 2 aromatic carbocycles. The number of piperidine rings is 1. The van der Waals surface area contributed by atoms with E-state index in [2.05, 4.69) is 22.3 Å². The average Bonchev–Trinajstić information content (AvgIpc) is 2.78. The molecule has 5 nitrogen and oxygen atoms in total. The third-order valence-corrected chi connectivity index (χ3v) is 6.65. The van der Waals surface area contributed by atoms with Gasteiger partial charge in [-0.2, -0.15) is 0 Å². The second-order valence-corrected chi connectivity index (χ2v) is 9.22. The first-order chi connectivity index (χ1) is 15.8. The predicted octanol–water partition coefficient (Wildman–Crippen LogP) is 4.38. The molecule has 2 aliphatic heterocycles. The van der Waals surface area contributed by atoms with Crippen LogP contribution in [-0.2, 0) is 6.54 Å². The molecule has 2 aromatic rings. The summed E-state index contributed by atoms with van der Waals surface area (Å²) in [5.74, 6) is -3.87. The van der Waals surface area contributed by atoms with Gasteiger partial charge in [0.25, 0.3) is 0 Å². The molecule has 0 saturated carbocycles. The number of carbonyl (C=O) groups is 1. The molecule has 2 heterocycles. The van der Waals surface area contributed by atoms with E-state index in [9.17, 15) is 18.0 Å². The van der Waals surface area contributed by atoms with Gasteiger partial charge in [-0.1, -0.05) is 30.3 Å². The van der Waals surface area contributed by atoms with Crippen molar-refractivity contribution in [2.75, 3.05) is 31.1 Å². The largest absolute Gasteiger partial charge is 0.367 e. The maximum atomic E-state index is 13.7. The van der Waals surface area contributed by atoms with Gasteiger partial charge in [-0.25, -0.2) is 18.0 Å². The molecule has 2 amide bonds. The van der Waals surface area contributed by atoms with Crippen LogP contribution in [0.15, 0.2) is 42.5 Å². The second-order valence-electron chi connectivity index (χ2n) is 9.22. The number of carbonyl (C=O) groups excluding carboxylic acids is 1. The molecule has 2 atom stereocenters. The Labute approximate surface area is 193 Å². The Kier molecular flexibility index (Phi) is 7.12. The molecule has 0 aliphatic carbocycles. The predicted molar refractivity (Wildman–Crippen MR) is 123 cm³/mol. The normalized spacial score (nSPS) is 22.5. The van der Waals surface area contributed by atoms with Gasteiger partial charge in [-0.05, 0) is 32.3 Å². The van der Waals surface area contributed by atoms with Crippen LogP contribution in [0.1, 0.15) is 32.3 Å². The monoisotopic (exact) mass is 460 g/mol. The fourth-order valence-corrected chi connectivity index (χ4v) is 4.98. The number of hydrogen-bond donors (Lipinski definition) is 1. The lowest BCUT2D eigenvalue weighted by Crippen LogP contribution is -2.62. The van der Waals surface area contributed by atoms with Gasteiger partial charge < -0.3 is 15.1 Å². The first kappa shape index (κ1) is 23.4. The summed E-state index contributed by atoms with van der Waals surface area (Å²) in [6, 6.07) is 12.1. The summed E-state index contributed by atoms with van der Waals surface area (Å²) in [4.78, 5) is 19.1. The van der Waals surface area contributed by atoms with E-state index in [1.165, 1.54) is 5.56 Å². The van der Waals surface area contributed by atoms with Crippen molar-refractivity contribution in [2.24, 2.45) is 0 Å². The molecule has 2 aliphatic rings. The molecule has 33 heavy (non-hydrogen) atoms. The summed E-state index contributed by atoms with van der Waals surface area (Å²) in [5.41, 5.74) is 1.58. The topological polar surface area (TPSA) is 38.8 Å². The fraction of sp³-hybridized carbons (Fsp3) is 0.480. The van der Waals surface area contributed by atoms with Gasteiger partial charge in [0.15, 0.2) is 17.5 Å². The number of urea groups is 1. The van der Waals surface area contributed by atoms with Crippen LogP contribution in [0.4, 0.5) is 23.7 Å². The molecule has 8 heteroatoms. The number of rotatable bonds is 4. The number of anilines is 1. The van der Waals surface area contributed by atoms with Crippen molar-refractivity contribution in [1.82, 2.24) is 15.1 Å². The summed E-state index contributed by atoms with van der Waals surface area (Å²) in [7, 11) is 0. The Morgan fingerprint density at radius 3 is 2.12 bits per heavy atom. The molecule has 178 valence electrons. The Bertz CT molecular complexity index is 930. The highest BCUT2D eigenvalue weighted by molar-refractivity contribution is 5.75. The van der Waals surface area contributed by atoms with Crippen LogP contribution in [0.25, 0.3) is 0 Å². The molecule has 0 aromatic heterocycles. The lowest BCUT2D eigenvalue weighted by molar-refractivity contribution is 0.130. The summed E-state index contributed by atoms with van der Waals surface area (Å²) in [6.07, 6.45) is 1.80. The van der Waals surface area contributed by atoms with Crippen molar-refractivity contribution in [1.29, 1.82) is 0 Å². The van der Waals surface area contributed by atoms with E-state index in [-0.39, 0.29) is 29.8 Å². The third-order valence-electron chi connectivity index (χ3n) is 6.65. The van der Waals surface area contributed by atoms with E-state index in [1.807, 2.05) is 36.9 Å². The molecule has 0 unspecified atom stereocenters. The van der Waals surface area contributed by atoms with Crippen molar-refractivity contribution in [3.8, 4) is 0 Å². The summed E-state index contributed by atoms with van der Waals surface area (Å²) < 4.78 is 40.7. The number of hydrogen-bond acceptors (Lipinski definition) is 3. The maximum Gasteiger partial charge on any atom is 0.318 e. The minimum atomic E-state index is -1.47. The van der Waals surface area contributed by atoms with E-state index in [1.54, 1.807) is 4.90 Å². The Morgan fingerprint density at radius 1 is 0.970 bits per heavy atom. The van der Waals surface area contributed by atoms with Crippen molar-refractivity contribution in [3.05, 3.63) is 65.5 Å². The number of halogens is 3. The summed E-state index contributed by atoms with van der Waals surface area (Å²) >= 11 is 0. The van der Waals surface area contributed by atoms with Crippen LogP contribution in [-0.4, -0.2) is 60.1 Å². The molecule has 0 spiro atoms. The Hall–Kier alpha value is -2.74. The number of likely N-dealkylation sites (tertiary alicyclic amines) is 1. The number of nitrogens with zero attached hydrogens (tertiary/aromatic N) is 3. The van der Waals surface area contributed by atoms with Crippen molar-refractivity contribution >= 4 is 11.7 Å². The quantitative estimate of drug-likeness (QED) is 0.689. The maximum absolute atomic E-state index is 13.7. The van der Waals surface area contributed by atoms with Gasteiger partial charge in [-0.15, -0.1) is 0 Å². The summed E-state index contributed by atoms with van der Waals surface area (Å²) in [6.45, 7) is 7.44. The highest BCUT2D eigenvalue weighted by Gasteiger charge is 2.34. The van der Waals surface area contributed by atoms with E-state index >= 15 is 0 Å². The second kappa shape index (κ2) is 10.0. The van der Waals surface area contributed by atoms with Crippen LogP contribution in [0.2, 0.25) is 0 Å². The molecule has 0 bridgehead atoms. The molecule has 0 radical (unpaired) electrons. The first-order valence-corrected chi connectivity index (χ1v) is 11.6. The molecule has 2 fully saturated rings. The highest BCUT2D eigenvalue weighted by Crippen LogP contribution is 2.26. The molecular formula is C25H31F3N4O. The zero-order valence-corrected chi connectivity index (χ0v) is 19.1. The van der Waals surface area contributed by atoms with E-state index in [4.69, 9.17) is 0 Å². The minimum absolute atomic E-state index is 0.104. The Balaban J connectivity index is 1.30. The van der Waals surface area contributed by atoms with E-state index in [0.717, 1.165) is 44.6 Å². The average molecular weight is 461 g/mol. The van der Waals surface area contributed by atoms with Crippen LogP contribution in [0, 0.1) is 17.5 Å². The van der Waals surface area contributed by atoms with Crippen LogP contribution in [0.3, 0.4) is 0 Å². The van der Waals surface area contributed by atoms with Crippen molar-refractivity contribution < 1.29 is 18.0 Å². The van der Waals surface area contributed by atoms with Gasteiger partial charge >= 0.3 is 6.03 Å². The third kappa shape index (κ3) is 5.43. The van der Waals surface area contributed by atoms with Crippen molar-refractivity contribution in [3.63, 3.8) is 0 Å². The van der Waals surface area contributed by atoms with Gasteiger partial charge in [0.2, 0.25) is 0 Å². The zero-order chi connectivity index (χ0) is 23.5. The number of piperazine rings is 1. The highest BCUT2D eigenvalue weighted by atomic mass is 19.2. The van der Waals surface area contributed by atoms with Crippen LogP contribution >= 0.6 is 0 Å². The molecule has 2 saturated heterocycles. The van der Waals surface area contributed by atoms with Gasteiger partial charge in [-0.3, -0.25) is 4.90 Å².